The number of hydrogen-bond donors (Lipinski definition) is 0. The molecule has 1 aliphatic carbocycles. The molecule has 0 aliphatic heterocycles. The molecule has 0 amide bonds. The summed E-state index contributed by atoms with van der Waals surface area (Å²) in [5.41, 5.74) is 6.39. The third-order valence-electron chi connectivity index (χ3n) is 4.67. The topological polar surface area (TPSA) is 25.8 Å². The molecule has 3 aromatic rings. The van der Waals surface area contributed by atoms with Crippen LogP contribution in [0.1, 0.15) is 35.2 Å². The highest BCUT2D eigenvalue weighted by Crippen LogP contribution is 2.32. The number of rotatable bonds is 4. The first-order chi connectivity index (χ1) is 12.3. The Morgan fingerprint density at radius 3 is 2.44 bits per heavy atom. The Morgan fingerprint density at radius 2 is 1.64 bits per heavy atom. The van der Waals surface area contributed by atoms with E-state index >= 15 is 0 Å². The molecule has 2 nitrogen and oxygen atoms in total. The van der Waals surface area contributed by atoms with Gasteiger partial charge in [-0.2, -0.15) is 0 Å². The minimum atomic E-state index is 0.868. The van der Waals surface area contributed by atoms with Gasteiger partial charge in [-0.05, 0) is 38.2 Å². The summed E-state index contributed by atoms with van der Waals surface area (Å²) in [6, 6.07) is 19.1. The van der Waals surface area contributed by atoms with Gasteiger partial charge in [0.25, 0.3) is 0 Å². The summed E-state index contributed by atoms with van der Waals surface area (Å²) in [6.45, 7) is 2.13. The molecule has 1 aliphatic rings. The first-order valence-electron chi connectivity index (χ1n) is 8.93. The van der Waals surface area contributed by atoms with Gasteiger partial charge in [0.15, 0.2) is 5.82 Å². The highest BCUT2D eigenvalue weighted by atomic mass is 32.2. The van der Waals surface area contributed by atoms with E-state index in [2.05, 4.69) is 55.5 Å². The van der Waals surface area contributed by atoms with Crippen LogP contribution in [0.5, 0.6) is 0 Å². The Hall–Kier alpha value is -2.13. The van der Waals surface area contributed by atoms with Crippen molar-refractivity contribution in [2.24, 2.45) is 0 Å². The Morgan fingerprint density at radius 1 is 0.880 bits per heavy atom. The summed E-state index contributed by atoms with van der Waals surface area (Å²) in [4.78, 5) is 9.83. The van der Waals surface area contributed by atoms with Crippen molar-refractivity contribution < 1.29 is 0 Å². The standard InChI is InChI=1S/C22H22N2S/c1-16-11-13-17(14-12-16)15-25-22-19-9-5-6-10-20(19)23-21(24-22)18-7-3-2-4-8-18/h2-4,7-8,11-14H,5-6,9-10,15H2,1H3. The van der Waals surface area contributed by atoms with Crippen molar-refractivity contribution in [3.05, 3.63) is 77.0 Å². The van der Waals surface area contributed by atoms with Gasteiger partial charge in [0.2, 0.25) is 0 Å². The Balaban J connectivity index is 1.66. The molecule has 0 N–H and O–H groups in total. The molecule has 4 rings (SSSR count). The molecule has 0 radical (unpaired) electrons. The Kier molecular flexibility index (Phi) is 4.84. The van der Waals surface area contributed by atoms with Crippen molar-refractivity contribution in [2.45, 2.75) is 43.4 Å². The zero-order valence-corrected chi connectivity index (χ0v) is 15.4. The van der Waals surface area contributed by atoms with Gasteiger partial charge in [0, 0.05) is 22.6 Å². The number of benzene rings is 2. The molecule has 3 heteroatoms. The van der Waals surface area contributed by atoms with E-state index in [0.717, 1.165) is 30.0 Å². The lowest BCUT2D eigenvalue weighted by molar-refractivity contribution is 0.647. The lowest BCUT2D eigenvalue weighted by Gasteiger charge is -2.19. The van der Waals surface area contributed by atoms with Gasteiger partial charge in [0.05, 0.1) is 0 Å². The molecule has 1 aromatic heterocycles. The molecule has 0 fully saturated rings. The van der Waals surface area contributed by atoms with E-state index in [1.165, 1.54) is 40.3 Å². The van der Waals surface area contributed by atoms with Crippen LogP contribution in [0, 0.1) is 6.92 Å². The molecule has 0 unspecified atom stereocenters. The maximum Gasteiger partial charge on any atom is 0.160 e. The molecule has 0 spiro atoms. The zero-order valence-electron chi connectivity index (χ0n) is 14.5. The van der Waals surface area contributed by atoms with Gasteiger partial charge in [0.1, 0.15) is 5.03 Å². The molecule has 0 saturated heterocycles. The summed E-state index contributed by atoms with van der Waals surface area (Å²) in [5, 5.41) is 1.17. The molecule has 126 valence electrons. The normalized spacial score (nSPS) is 13.5. The number of thioether (sulfide) groups is 1. The summed E-state index contributed by atoms with van der Waals surface area (Å²) < 4.78 is 0. The third kappa shape index (κ3) is 3.77. The first-order valence-corrected chi connectivity index (χ1v) is 9.92. The van der Waals surface area contributed by atoms with Crippen molar-refractivity contribution in [1.29, 1.82) is 0 Å². The largest absolute Gasteiger partial charge is 0.233 e. The number of aryl methyl sites for hydroxylation is 2. The van der Waals surface area contributed by atoms with Gasteiger partial charge in [-0.25, -0.2) is 9.97 Å². The summed E-state index contributed by atoms with van der Waals surface area (Å²) in [6.07, 6.45) is 4.68. The molecule has 25 heavy (non-hydrogen) atoms. The van der Waals surface area contributed by atoms with E-state index in [0.29, 0.717) is 0 Å². The minimum absolute atomic E-state index is 0.868. The van der Waals surface area contributed by atoms with Gasteiger partial charge in [-0.1, -0.05) is 60.2 Å². The second-order valence-corrected chi connectivity index (χ2v) is 7.59. The average Bonchev–Trinajstić information content (AvgIpc) is 2.68. The van der Waals surface area contributed by atoms with Crippen LogP contribution in [0.4, 0.5) is 0 Å². The monoisotopic (exact) mass is 346 g/mol. The lowest BCUT2D eigenvalue weighted by atomic mass is 9.97. The van der Waals surface area contributed by atoms with Gasteiger partial charge in [-0.3, -0.25) is 0 Å². The van der Waals surface area contributed by atoms with Crippen LogP contribution in [0.2, 0.25) is 0 Å². The predicted molar refractivity (Wildman–Crippen MR) is 105 cm³/mol. The van der Waals surface area contributed by atoms with E-state index in [-0.39, 0.29) is 0 Å². The first kappa shape index (κ1) is 16.3. The fourth-order valence-electron chi connectivity index (χ4n) is 3.23. The quantitative estimate of drug-likeness (QED) is 0.453. The minimum Gasteiger partial charge on any atom is -0.233 e. The fourth-order valence-corrected chi connectivity index (χ4v) is 4.27. The van der Waals surface area contributed by atoms with E-state index in [1.54, 1.807) is 0 Å². The molecule has 0 atom stereocenters. The average molecular weight is 346 g/mol. The van der Waals surface area contributed by atoms with Crippen molar-refractivity contribution in [3.63, 3.8) is 0 Å². The number of hydrogen-bond acceptors (Lipinski definition) is 3. The highest BCUT2D eigenvalue weighted by Gasteiger charge is 2.18. The van der Waals surface area contributed by atoms with E-state index in [1.807, 2.05) is 17.8 Å². The molecular formula is C22H22N2S. The van der Waals surface area contributed by atoms with Gasteiger partial charge in [-0.15, -0.1) is 11.8 Å². The van der Waals surface area contributed by atoms with E-state index in [4.69, 9.17) is 9.97 Å². The molecule has 1 heterocycles. The molecule has 2 aromatic carbocycles. The third-order valence-corrected chi connectivity index (χ3v) is 5.76. The van der Waals surface area contributed by atoms with Gasteiger partial charge >= 0.3 is 0 Å². The van der Waals surface area contributed by atoms with Crippen molar-refractivity contribution in [2.75, 3.05) is 0 Å². The van der Waals surface area contributed by atoms with Crippen molar-refractivity contribution in [3.8, 4) is 11.4 Å². The maximum atomic E-state index is 4.94. The lowest BCUT2D eigenvalue weighted by Crippen LogP contribution is -2.10. The predicted octanol–water partition coefficient (Wildman–Crippen LogP) is 5.62. The molecular weight excluding hydrogens is 324 g/mol. The second kappa shape index (κ2) is 7.40. The second-order valence-electron chi connectivity index (χ2n) is 6.63. The van der Waals surface area contributed by atoms with E-state index < -0.39 is 0 Å². The number of aromatic nitrogens is 2. The SMILES string of the molecule is Cc1ccc(CSc2nc(-c3ccccc3)nc3c2CCCC3)cc1. The van der Waals surface area contributed by atoms with Crippen LogP contribution in [0.15, 0.2) is 59.6 Å². The molecule has 0 bridgehead atoms. The van der Waals surface area contributed by atoms with Crippen LogP contribution in [0.3, 0.4) is 0 Å². The Labute approximate surface area is 153 Å². The highest BCUT2D eigenvalue weighted by molar-refractivity contribution is 7.98. The van der Waals surface area contributed by atoms with Crippen LogP contribution >= 0.6 is 11.8 Å². The fraction of sp³-hybridized carbons (Fsp3) is 0.273. The Bertz CT molecular complexity index is 857. The van der Waals surface area contributed by atoms with E-state index in [9.17, 15) is 0 Å². The van der Waals surface area contributed by atoms with Crippen LogP contribution < -0.4 is 0 Å². The van der Waals surface area contributed by atoms with Crippen LogP contribution in [-0.2, 0) is 18.6 Å². The summed E-state index contributed by atoms with van der Waals surface area (Å²) >= 11 is 1.85. The van der Waals surface area contributed by atoms with Crippen LogP contribution in [0.25, 0.3) is 11.4 Å². The number of fused-ring (bicyclic) bond motifs is 1. The summed E-state index contributed by atoms with van der Waals surface area (Å²) in [5.74, 6) is 1.82. The van der Waals surface area contributed by atoms with Crippen molar-refractivity contribution in [1.82, 2.24) is 9.97 Å². The maximum absolute atomic E-state index is 4.94. The van der Waals surface area contributed by atoms with Gasteiger partial charge < -0.3 is 0 Å². The smallest absolute Gasteiger partial charge is 0.160 e. The number of nitrogens with zero attached hydrogens (tertiary/aromatic N) is 2. The van der Waals surface area contributed by atoms with Crippen molar-refractivity contribution >= 4 is 11.8 Å². The van der Waals surface area contributed by atoms with Crippen LogP contribution in [-0.4, -0.2) is 9.97 Å². The summed E-state index contributed by atoms with van der Waals surface area (Å²) in [7, 11) is 0. The zero-order chi connectivity index (χ0) is 17.1. The molecule has 0 saturated carbocycles.